The van der Waals surface area contributed by atoms with Crippen LogP contribution in [0.15, 0.2) is 0 Å². The van der Waals surface area contributed by atoms with Crippen molar-refractivity contribution in [1.82, 2.24) is 4.90 Å². The fraction of sp³-hybridized carbons (Fsp3) is 1.00. The minimum Gasteiger partial charge on any atom is -0.383 e. The maximum atomic E-state index is 5.15. The SMILES string of the molecule is COCC1CCC(C)(C)N1C. The van der Waals surface area contributed by atoms with Gasteiger partial charge >= 0.3 is 0 Å². The number of hydrogen-bond donors (Lipinski definition) is 0. The molecular weight excluding hydrogens is 138 g/mol. The van der Waals surface area contributed by atoms with Crippen molar-refractivity contribution < 1.29 is 4.74 Å². The van der Waals surface area contributed by atoms with E-state index in [0.717, 1.165) is 6.61 Å². The lowest BCUT2D eigenvalue weighted by Gasteiger charge is -2.31. The summed E-state index contributed by atoms with van der Waals surface area (Å²) in [6.45, 7) is 5.46. The third-order valence-electron chi connectivity index (χ3n) is 2.95. The van der Waals surface area contributed by atoms with Gasteiger partial charge in [0.2, 0.25) is 0 Å². The monoisotopic (exact) mass is 157 g/mol. The van der Waals surface area contributed by atoms with Gasteiger partial charge in [0.1, 0.15) is 0 Å². The molecule has 0 N–H and O–H groups in total. The van der Waals surface area contributed by atoms with Gasteiger partial charge in [0, 0.05) is 18.7 Å². The molecule has 1 atom stereocenters. The van der Waals surface area contributed by atoms with Gasteiger partial charge in [0.25, 0.3) is 0 Å². The van der Waals surface area contributed by atoms with E-state index in [1.165, 1.54) is 12.8 Å². The van der Waals surface area contributed by atoms with Crippen molar-refractivity contribution in [3.8, 4) is 0 Å². The lowest BCUT2D eigenvalue weighted by Crippen LogP contribution is -2.41. The number of rotatable bonds is 2. The molecule has 0 radical (unpaired) electrons. The minimum atomic E-state index is 0.378. The van der Waals surface area contributed by atoms with Crippen LogP contribution in [0.1, 0.15) is 26.7 Å². The Balaban J connectivity index is 2.49. The molecule has 1 fully saturated rings. The first kappa shape index (κ1) is 9.01. The van der Waals surface area contributed by atoms with E-state index in [1.54, 1.807) is 7.11 Å². The van der Waals surface area contributed by atoms with Gasteiger partial charge in [-0.3, -0.25) is 4.90 Å². The smallest absolute Gasteiger partial charge is 0.0618 e. The lowest BCUT2D eigenvalue weighted by atomic mass is 10.0. The average molecular weight is 157 g/mol. The molecule has 1 rings (SSSR count). The first-order valence-corrected chi connectivity index (χ1v) is 4.30. The third kappa shape index (κ3) is 1.74. The van der Waals surface area contributed by atoms with E-state index in [9.17, 15) is 0 Å². The predicted molar refractivity (Wildman–Crippen MR) is 46.7 cm³/mol. The summed E-state index contributed by atoms with van der Waals surface area (Å²) in [6.07, 6.45) is 2.56. The molecule has 0 spiro atoms. The molecule has 0 aromatic heterocycles. The van der Waals surface area contributed by atoms with Gasteiger partial charge < -0.3 is 4.74 Å². The van der Waals surface area contributed by atoms with Crippen LogP contribution < -0.4 is 0 Å². The zero-order valence-corrected chi connectivity index (χ0v) is 8.05. The summed E-state index contributed by atoms with van der Waals surface area (Å²) < 4.78 is 5.15. The second-order valence-electron chi connectivity index (χ2n) is 4.07. The molecule has 11 heavy (non-hydrogen) atoms. The Morgan fingerprint density at radius 3 is 2.55 bits per heavy atom. The Morgan fingerprint density at radius 1 is 1.55 bits per heavy atom. The van der Waals surface area contributed by atoms with Gasteiger partial charge in [0.05, 0.1) is 6.61 Å². The van der Waals surface area contributed by atoms with Crippen molar-refractivity contribution in [2.45, 2.75) is 38.3 Å². The normalized spacial score (nSPS) is 31.1. The van der Waals surface area contributed by atoms with Gasteiger partial charge in [-0.05, 0) is 33.7 Å². The number of likely N-dealkylation sites (tertiary alicyclic amines) is 1. The quantitative estimate of drug-likeness (QED) is 0.602. The fourth-order valence-electron chi connectivity index (χ4n) is 1.77. The summed E-state index contributed by atoms with van der Waals surface area (Å²) in [5.74, 6) is 0. The number of likely N-dealkylation sites (N-methyl/N-ethyl adjacent to an activating group) is 1. The average Bonchev–Trinajstić information content (AvgIpc) is 2.17. The van der Waals surface area contributed by atoms with E-state index in [1.807, 2.05) is 0 Å². The van der Waals surface area contributed by atoms with Gasteiger partial charge in [-0.2, -0.15) is 0 Å². The van der Waals surface area contributed by atoms with E-state index < -0.39 is 0 Å². The highest BCUT2D eigenvalue weighted by atomic mass is 16.5. The predicted octanol–water partition coefficient (Wildman–Crippen LogP) is 1.51. The van der Waals surface area contributed by atoms with Crippen LogP contribution in [0.5, 0.6) is 0 Å². The second-order valence-corrected chi connectivity index (χ2v) is 4.07. The highest BCUT2D eigenvalue weighted by Crippen LogP contribution is 2.31. The van der Waals surface area contributed by atoms with E-state index in [0.29, 0.717) is 11.6 Å². The maximum absolute atomic E-state index is 5.15. The van der Waals surface area contributed by atoms with E-state index in [-0.39, 0.29) is 0 Å². The standard InChI is InChI=1S/C9H19NO/c1-9(2)6-5-8(7-11-4)10(9)3/h8H,5-7H2,1-4H3. The van der Waals surface area contributed by atoms with E-state index in [2.05, 4.69) is 25.8 Å². The number of hydrogen-bond acceptors (Lipinski definition) is 2. The Morgan fingerprint density at radius 2 is 2.18 bits per heavy atom. The maximum Gasteiger partial charge on any atom is 0.0618 e. The van der Waals surface area contributed by atoms with E-state index in [4.69, 9.17) is 4.74 Å². The molecule has 66 valence electrons. The molecule has 0 bridgehead atoms. The molecule has 1 unspecified atom stereocenters. The van der Waals surface area contributed by atoms with Crippen molar-refractivity contribution in [2.75, 3.05) is 20.8 Å². The van der Waals surface area contributed by atoms with Crippen molar-refractivity contribution in [3.05, 3.63) is 0 Å². The molecule has 2 heteroatoms. The van der Waals surface area contributed by atoms with Crippen molar-refractivity contribution in [3.63, 3.8) is 0 Å². The molecule has 1 saturated heterocycles. The Hall–Kier alpha value is -0.0800. The molecule has 0 saturated carbocycles. The summed E-state index contributed by atoms with van der Waals surface area (Å²) >= 11 is 0. The van der Waals surface area contributed by atoms with Crippen LogP contribution in [0.25, 0.3) is 0 Å². The van der Waals surface area contributed by atoms with Crippen LogP contribution >= 0.6 is 0 Å². The molecule has 1 heterocycles. The number of nitrogens with zero attached hydrogens (tertiary/aromatic N) is 1. The van der Waals surface area contributed by atoms with Gasteiger partial charge in [-0.15, -0.1) is 0 Å². The van der Waals surface area contributed by atoms with Crippen molar-refractivity contribution in [2.24, 2.45) is 0 Å². The number of methoxy groups -OCH3 is 1. The number of ether oxygens (including phenoxy) is 1. The Kier molecular flexibility index (Phi) is 2.55. The Bertz CT molecular complexity index is 134. The molecule has 0 aromatic rings. The van der Waals surface area contributed by atoms with Crippen LogP contribution in [0.2, 0.25) is 0 Å². The summed E-state index contributed by atoms with van der Waals surface area (Å²) in [7, 11) is 3.97. The third-order valence-corrected chi connectivity index (χ3v) is 2.95. The van der Waals surface area contributed by atoms with Gasteiger partial charge in [-0.25, -0.2) is 0 Å². The van der Waals surface area contributed by atoms with Crippen LogP contribution in [-0.4, -0.2) is 37.2 Å². The van der Waals surface area contributed by atoms with Crippen LogP contribution in [0.3, 0.4) is 0 Å². The van der Waals surface area contributed by atoms with Crippen LogP contribution in [0, 0.1) is 0 Å². The zero-order chi connectivity index (χ0) is 8.48. The molecule has 1 aliphatic rings. The van der Waals surface area contributed by atoms with Crippen LogP contribution in [-0.2, 0) is 4.74 Å². The highest BCUT2D eigenvalue weighted by Gasteiger charge is 2.35. The zero-order valence-electron chi connectivity index (χ0n) is 8.05. The summed E-state index contributed by atoms with van der Waals surface area (Å²) in [4.78, 5) is 2.43. The topological polar surface area (TPSA) is 12.5 Å². The molecule has 0 amide bonds. The summed E-state index contributed by atoms with van der Waals surface area (Å²) in [5.41, 5.74) is 0.378. The highest BCUT2D eigenvalue weighted by molar-refractivity contribution is 4.92. The Labute approximate surface area is 69.5 Å². The lowest BCUT2D eigenvalue weighted by molar-refractivity contribution is 0.0903. The first-order valence-electron chi connectivity index (χ1n) is 4.30. The summed E-state index contributed by atoms with van der Waals surface area (Å²) in [5, 5.41) is 0. The molecular formula is C9H19NO. The molecule has 1 aliphatic heterocycles. The summed E-state index contributed by atoms with van der Waals surface area (Å²) in [6, 6.07) is 0.634. The second kappa shape index (κ2) is 3.11. The first-order chi connectivity index (χ1) is 5.08. The van der Waals surface area contributed by atoms with Crippen molar-refractivity contribution >= 4 is 0 Å². The fourth-order valence-corrected chi connectivity index (χ4v) is 1.77. The minimum absolute atomic E-state index is 0.378. The molecule has 2 nitrogen and oxygen atoms in total. The van der Waals surface area contributed by atoms with Gasteiger partial charge in [0.15, 0.2) is 0 Å². The molecule has 0 aliphatic carbocycles. The van der Waals surface area contributed by atoms with Crippen molar-refractivity contribution in [1.29, 1.82) is 0 Å². The van der Waals surface area contributed by atoms with Gasteiger partial charge in [-0.1, -0.05) is 0 Å². The van der Waals surface area contributed by atoms with E-state index >= 15 is 0 Å². The largest absolute Gasteiger partial charge is 0.383 e. The van der Waals surface area contributed by atoms with Crippen LogP contribution in [0.4, 0.5) is 0 Å². The molecule has 0 aromatic carbocycles.